The van der Waals surface area contributed by atoms with Crippen LogP contribution in [0.4, 0.5) is 0 Å². The van der Waals surface area contributed by atoms with E-state index in [9.17, 15) is 0 Å². The van der Waals surface area contributed by atoms with E-state index >= 15 is 0 Å². The number of alkyl halides is 1. The molecule has 0 N–H and O–H groups in total. The highest BCUT2D eigenvalue weighted by atomic mass is 35.5. The monoisotopic (exact) mass is 204 g/mol. The fourth-order valence-electron chi connectivity index (χ4n) is 1.27. The molecular formula is C10H14Cl2. The summed E-state index contributed by atoms with van der Waals surface area (Å²) in [7, 11) is 0. The van der Waals surface area contributed by atoms with Crippen LogP contribution < -0.4 is 0 Å². The summed E-state index contributed by atoms with van der Waals surface area (Å²) in [6.07, 6.45) is 4.00. The molecule has 0 aromatic carbocycles. The van der Waals surface area contributed by atoms with E-state index in [0.29, 0.717) is 0 Å². The summed E-state index contributed by atoms with van der Waals surface area (Å²) in [5, 5.41) is 0.863. The Balaban J connectivity index is 3.21. The van der Waals surface area contributed by atoms with Crippen molar-refractivity contribution in [3.63, 3.8) is 0 Å². The molecule has 68 valence electrons. The van der Waals surface area contributed by atoms with Crippen LogP contribution in [-0.4, -0.2) is 4.87 Å². The van der Waals surface area contributed by atoms with Gasteiger partial charge in [-0.2, -0.15) is 0 Å². The molecule has 1 aliphatic carbocycles. The average Bonchev–Trinajstić information content (AvgIpc) is 1.96. The fourth-order valence-corrected chi connectivity index (χ4v) is 1.74. The molecular weight excluding hydrogens is 191 g/mol. The van der Waals surface area contributed by atoms with Gasteiger partial charge in [-0.3, -0.25) is 0 Å². The maximum Gasteiger partial charge on any atom is 0.0700 e. The van der Waals surface area contributed by atoms with Crippen molar-refractivity contribution in [2.24, 2.45) is 5.41 Å². The SMILES string of the molecule is CC1=C(Cl)C(C)(C)C(C)(Cl)C=C1. The van der Waals surface area contributed by atoms with Crippen LogP contribution in [0.2, 0.25) is 0 Å². The lowest BCUT2D eigenvalue weighted by Crippen LogP contribution is -2.37. The van der Waals surface area contributed by atoms with Crippen molar-refractivity contribution in [1.29, 1.82) is 0 Å². The second-order valence-corrected chi connectivity index (χ2v) is 5.19. The summed E-state index contributed by atoms with van der Waals surface area (Å²) in [4.78, 5) is -0.371. The van der Waals surface area contributed by atoms with Crippen LogP contribution in [0.3, 0.4) is 0 Å². The van der Waals surface area contributed by atoms with Gasteiger partial charge in [-0.1, -0.05) is 37.6 Å². The Hall–Kier alpha value is 0.0600. The van der Waals surface area contributed by atoms with Crippen LogP contribution in [0.25, 0.3) is 0 Å². The molecule has 1 unspecified atom stereocenters. The highest BCUT2D eigenvalue weighted by molar-refractivity contribution is 6.33. The van der Waals surface area contributed by atoms with Crippen molar-refractivity contribution in [2.45, 2.75) is 32.6 Å². The highest BCUT2D eigenvalue weighted by Crippen LogP contribution is 2.49. The van der Waals surface area contributed by atoms with Gasteiger partial charge >= 0.3 is 0 Å². The molecule has 0 aromatic heterocycles. The summed E-state index contributed by atoms with van der Waals surface area (Å²) >= 11 is 12.5. The van der Waals surface area contributed by atoms with Gasteiger partial charge in [0.25, 0.3) is 0 Å². The van der Waals surface area contributed by atoms with Gasteiger partial charge in [0.05, 0.1) is 4.87 Å². The van der Waals surface area contributed by atoms with E-state index in [1.165, 1.54) is 0 Å². The topological polar surface area (TPSA) is 0 Å². The summed E-state index contributed by atoms with van der Waals surface area (Å²) < 4.78 is 0. The third-order valence-corrected chi connectivity index (χ3v) is 4.13. The first kappa shape index (κ1) is 10.1. The van der Waals surface area contributed by atoms with Crippen LogP contribution in [0.5, 0.6) is 0 Å². The molecule has 1 rings (SSSR count). The minimum atomic E-state index is -0.371. The molecule has 0 radical (unpaired) electrons. The zero-order chi connectivity index (χ0) is 9.57. The van der Waals surface area contributed by atoms with Crippen LogP contribution in [0.15, 0.2) is 22.8 Å². The molecule has 0 fully saturated rings. The Morgan fingerprint density at radius 2 is 1.75 bits per heavy atom. The highest BCUT2D eigenvalue weighted by Gasteiger charge is 2.42. The van der Waals surface area contributed by atoms with Crippen molar-refractivity contribution < 1.29 is 0 Å². The summed E-state index contributed by atoms with van der Waals surface area (Å²) in [5.74, 6) is 0. The maximum atomic E-state index is 6.32. The molecule has 0 aromatic rings. The zero-order valence-electron chi connectivity index (χ0n) is 7.91. The van der Waals surface area contributed by atoms with E-state index in [4.69, 9.17) is 23.2 Å². The Labute approximate surface area is 84.2 Å². The lowest BCUT2D eigenvalue weighted by atomic mass is 9.74. The lowest BCUT2D eigenvalue weighted by Gasteiger charge is -2.40. The van der Waals surface area contributed by atoms with E-state index in [0.717, 1.165) is 10.6 Å². The molecule has 0 amide bonds. The Kier molecular flexibility index (Phi) is 2.35. The number of allylic oxidation sites excluding steroid dienone is 4. The van der Waals surface area contributed by atoms with Crippen LogP contribution in [0.1, 0.15) is 27.7 Å². The maximum absolute atomic E-state index is 6.32. The molecule has 1 aliphatic rings. The van der Waals surface area contributed by atoms with Crippen LogP contribution >= 0.6 is 23.2 Å². The van der Waals surface area contributed by atoms with Gasteiger partial charge in [-0.15, -0.1) is 11.6 Å². The van der Waals surface area contributed by atoms with E-state index < -0.39 is 0 Å². The molecule has 0 nitrogen and oxygen atoms in total. The largest absolute Gasteiger partial charge is 0.114 e. The summed E-state index contributed by atoms with van der Waals surface area (Å²) in [6.45, 7) is 8.12. The molecule has 0 spiro atoms. The molecule has 1 atom stereocenters. The number of rotatable bonds is 0. The minimum absolute atomic E-state index is 0.172. The van der Waals surface area contributed by atoms with Gasteiger partial charge in [-0.05, 0) is 19.4 Å². The third kappa shape index (κ3) is 1.31. The molecule has 0 heterocycles. The number of hydrogen-bond acceptors (Lipinski definition) is 0. The summed E-state index contributed by atoms with van der Waals surface area (Å²) in [5.41, 5.74) is 0.939. The quantitative estimate of drug-likeness (QED) is 0.522. The molecule has 0 saturated heterocycles. The molecule has 0 bridgehead atoms. The second-order valence-electron chi connectivity index (χ2n) is 4.03. The van der Waals surface area contributed by atoms with E-state index in [1.54, 1.807) is 0 Å². The van der Waals surface area contributed by atoms with E-state index in [-0.39, 0.29) is 10.3 Å². The molecule has 2 heteroatoms. The fraction of sp³-hybridized carbons (Fsp3) is 0.600. The normalized spacial score (nSPS) is 34.2. The van der Waals surface area contributed by atoms with Gasteiger partial charge in [0.1, 0.15) is 0 Å². The number of hydrogen-bond donors (Lipinski definition) is 0. The van der Waals surface area contributed by atoms with Crippen molar-refractivity contribution in [3.05, 3.63) is 22.8 Å². The molecule has 0 aliphatic heterocycles. The van der Waals surface area contributed by atoms with Crippen molar-refractivity contribution in [2.75, 3.05) is 0 Å². The van der Waals surface area contributed by atoms with Gasteiger partial charge in [0, 0.05) is 10.4 Å². The third-order valence-electron chi connectivity index (χ3n) is 2.76. The smallest absolute Gasteiger partial charge is 0.0700 e. The number of halogens is 2. The standard InChI is InChI=1S/C10H14Cl2/c1-7-5-6-10(4,12)9(2,3)8(7)11/h5-6H,1-4H3. The predicted molar refractivity (Wildman–Crippen MR) is 55.7 cm³/mol. The Morgan fingerprint density at radius 1 is 1.25 bits per heavy atom. The van der Waals surface area contributed by atoms with Gasteiger partial charge in [-0.25, -0.2) is 0 Å². The van der Waals surface area contributed by atoms with E-state index in [2.05, 4.69) is 13.8 Å². The van der Waals surface area contributed by atoms with Crippen molar-refractivity contribution in [1.82, 2.24) is 0 Å². The zero-order valence-corrected chi connectivity index (χ0v) is 9.42. The van der Waals surface area contributed by atoms with Crippen molar-refractivity contribution >= 4 is 23.2 Å². The molecule has 12 heavy (non-hydrogen) atoms. The second kappa shape index (κ2) is 2.78. The van der Waals surface area contributed by atoms with Crippen molar-refractivity contribution in [3.8, 4) is 0 Å². The van der Waals surface area contributed by atoms with Gasteiger partial charge in [0.15, 0.2) is 0 Å². The minimum Gasteiger partial charge on any atom is -0.114 e. The first-order chi connectivity index (χ1) is 5.29. The van der Waals surface area contributed by atoms with E-state index in [1.807, 2.05) is 26.0 Å². The Morgan fingerprint density at radius 3 is 2.17 bits per heavy atom. The predicted octanol–water partition coefficient (Wildman–Crippen LogP) is 4.09. The first-order valence-electron chi connectivity index (χ1n) is 4.04. The average molecular weight is 205 g/mol. The lowest BCUT2D eigenvalue weighted by molar-refractivity contribution is 0.380. The van der Waals surface area contributed by atoms with Crippen LogP contribution in [-0.2, 0) is 0 Å². The van der Waals surface area contributed by atoms with Gasteiger partial charge in [0.2, 0.25) is 0 Å². The molecule has 0 saturated carbocycles. The summed E-state index contributed by atoms with van der Waals surface area (Å²) in [6, 6.07) is 0. The van der Waals surface area contributed by atoms with Crippen LogP contribution in [0, 0.1) is 5.41 Å². The van der Waals surface area contributed by atoms with Gasteiger partial charge < -0.3 is 0 Å². The first-order valence-corrected chi connectivity index (χ1v) is 4.79. The Bertz CT molecular complexity index is 257.